The van der Waals surface area contributed by atoms with Gasteiger partial charge in [0.1, 0.15) is 0 Å². The van der Waals surface area contributed by atoms with Crippen LogP contribution in [-0.4, -0.2) is 0 Å². The summed E-state index contributed by atoms with van der Waals surface area (Å²) in [7, 11) is 0. The SMILES string of the molecule is C=CCC.CC.CC(C)C.CCC. The standard InChI is InChI=1S/C4H10.C4H8.C3H8.C2H6/c1-4(2)3;1-3-4-2;1-3-2;1-2/h4H,1-3H3;3H,1,4H2,2H3;3H2,1-2H3;1-2H3. The third-order valence-corrected chi connectivity index (χ3v) is 0.289. The summed E-state index contributed by atoms with van der Waals surface area (Å²) in [6.07, 6.45) is 4.21. The average Bonchev–Trinajstić information content (AvgIpc) is 2.08. The van der Waals surface area contributed by atoms with Crippen molar-refractivity contribution in [2.45, 2.75) is 68.2 Å². The number of hydrogen-bond acceptors (Lipinski definition) is 0. The Morgan fingerprint density at radius 2 is 1.08 bits per heavy atom. The van der Waals surface area contributed by atoms with E-state index in [1.807, 2.05) is 19.9 Å². The van der Waals surface area contributed by atoms with Crippen molar-refractivity contribution in [2.75, 3.05) is 0 Å². The third kappa shape index (κ3) is 2030. The van der Waals surface area contributed by atoms with Gasteiger partial charge in [-0.05, 0) is 12.3 Å². The fraction of sp³-hybridized carbons (Fsp3) is 0.846. The van der Waals surface area contributed by atoms with Gasteiger partial charge in [-0.25, -0.2) is 0 Å². The first-order valence-corrected chi connectivity index (χ1v) is 5.67. The number of hydrogen-bond donors (Lipinski definition) is 0. The zero-order chi connectivity index (χ0) is 11.7. The van der Waals surface area contributed by atoms with Gasteiger partial charge in [0.2, 0.25) is 0 Å². The fourth-order valence-corrected chi connectivity index (χ4v) is 0. The zero-order valence-corrected chi connectivity index (χ0v) is 11.3. The van der Waals surface area contributed by atoms with Crippen molar-refractivity contribution in [1.29, 1.82) is 0 Å². The Bertz CT molecular complexity index is 41.2. The topological polar surface area (TPSA) is 0 Å². The van der Waals surface area contributed by atoms with Crippen LogP contribution in [0.25, 0.3) is 0 Å². The van der Waals surface area contributed by atoms with Gasteiger partial charge in [0.15, 0.2) is 0 Å². The van der Waals surface area contributed by atoms with Crippen molar-refractivity contribution >= 4 is 0 Å². The molecule has 0 spiro atoms. The van der Waals surface area contributed by atoms with Crippen LogP contribution in [0, 0.1) is 5.92 Å². The smallest absolute Gasteiger partial charge is 0.0382 e. The molecule has 84 valence electrons. The van der Waals surface area contributed by atoms with E-state index in [-0.39, 0.29) is 0 Å². The molecule has 0 unspecified atom stereocenters. The molecule has 0 nitrogen and oxygen atoms in total. The van der Waals surface area contributed by atoms with E-state index in [9.17, 15) is 0 Å². The summed E-state index contributed by atoms with van der Waals surface area (Å²) in [5.41, 5.74) is 0. The first kappa shape index (κ1) is 23.0. The van der Waals surface area contributed by atoms with Crippen LogP contribution in [-0.2, 0) is 0 Å². The molecule has 0 N–H and O–H groups in total. The van der Waals surface area contributed by atoms with Crippen LogP contribution in [0.5, 0.6) is 0 Å². The molecule has 0 saturated carbocycles. The monoisotopic (exact) mass is 188 g/mol. The molecule has 0 atom stereocenters. The number of rotatable bonds is 1. The predicted octanol–water partition coefficient (Wildman–Crippen LogP) is 5.69. The van der Waals surface area contributed by atoms with Crippen molar-refractivity contribution in [1.82, 2.24) is 0 Å². The van der Waals surface area contributed by atoms with Gasteiger partial charge in [0.25, 0.3) is 0 Å². The molecule has 0 rings (SSSR count). The minimum absolute atomic E-state index is 0.833. The molecule has 0 saturated heterocycles. The molecule has 0 radical (unpaired) electrons. The minimum Gasteiger partial charge on any atom is -0.103 e. The first-order chi connectivity index (χ1) is 6.06. The normalized spacial score (nSPS) is 6.54. The van der Waals surface area contributed by atoms with Gasteiger partial charge in [0, 0.05) is 0 Å². The Hall–Kier alpha value is -0.260. The lowest BCUT2D eigenvalue weighted by molar-refractivity contribution is 0.737. The molecule has 0 heteroatoms. The number of allylic oxidation sites excluding steroid dienone is 1. The van der Waals surface area contributed by atoms with E-state index in [2.05, 4.69) is 48.1 Å². The molecule has 0 aliphatic heterocycles. The average molecular weight is 188 g/mol. The molecular formula is C13H32. The van der Waals surface area contributed by atoms with Crippen molar-refractivity contribution in [3.05, 3.63) is 12.7 Å². The van der Waals surface area contributed by atoms with Crippen LogP contribution in [0.3, 0.4) is 0 Å². The summed E-state index contributed by atoms with van der Waals surface area (Å²) in [4.78, 5) is 0. The summed E-state index contributed by atoms with van der Waals surface area (Å²) in [5.74, 6) is 0.833. The molecule has 0 aromatic rings. The van der Waals surface area contributed by atoms with Gasteiger partial charge < -0.3 is 0 Å². The van der Waals surface area contributed by atoms with Gasteiger partial charge in [-0.15, -0.1) is 6.58 Å². The second kappa shape index (κ2) is 41.1. The molecule has 13 heavy (non-hydrogen) atoms. The fourth-order valence-electron chi connectivity index (χ4n) is 0. The Morgan fingerprint density at radius 1 is 1.00 bits per heavy atom. The predicted molar refractivity (Wildman–Crippen MR) is 68.3 cm³/mol. The van der Waals surface area contributed by atoms with Crippen LogP contribution in [0.4, 0.5) is 0 Å². The largest absolute Gasteiger partial charge is 0.103 e. The van der Waals surface area contributed by atoms with Crippen LogP contribution in [0.2, 0.25) is 0 Å². The van der Waals surface area contributed by atoms with Crippen LogP contribution in [0.15, 0.2) is 12.7 Å². The lowest BCUT2D eigenvalue weighted by atomic mass is 10.3. The Kier molecular flexibility index (Phi) is 72.7. The van der Waals surface area contributed by atoms with Gasteiger partial charge in [-0.2, -0.15) is 0 Å². The molecule has 0 fully saturated rings. The second-order valence-electron chi connectivity index (χ2n) is 3.14. The summed E-state index contributed by atoms with van der Waals surface area (Å²) >= 11 is 0. The highest BCUT2D eigenvalue weighted by Crippen LogP contribution is 1.81. The van der Waals surface area contributed by atoms with E-state index in [4.69, 9.17) is 0 Å². The minimum atomic E-state index is 0.833. The Morgan fingerprint density at radius 3 is 1.08 bits per heavy atom. The van der Waals surface area contributed by atoms with Crippen LogP contribution in [0.1, 0.15) is 68.2 Å². The highest BCUT2D eigenvalue weighted by molar-refractivity contribution is 4.60. The van der Waals surface area contributed by atoms with E-state index < -0.39 is 0 Å². The molecule has 0 aromatic carbocycles. The highest BCUT2D eigenvalue weighted by Gasteiger charge is 1.68. The van der Waals surface area contributed by atoms with E-state index in [0.29, 0.717) is 0 Å². The zero-order valence-electron chi connectivity index (χ0n) is 11.3. The van der Waals surface area contributed by atoms with Crippen molar-refractivity contribution < 1.29 is 0 Å². The molecule has 0 amide bonds. The summed E-state index contributed by atoms with van der Waals surface area (Å²) in [6.45, 7) is 20.3. The second-order valence-corrected chi connectivity index (χ2v) is 3.14. The van der Waals surface area contributed by atoms with Gasteiger partial charge in [0.05, 0.1) is 0 Å². The molecule has 0 aliphatic carbocycles. The maximum atomic E-state index is 3.48. The lowest BCUT2D eigenvalue weighted by Gasteiger charge is -1.79. The van der Waals surface area contributed by atoms with E-state index in [1.165, 1.54) is 6.42 Å². The Balaban J connectivity index is -0.0000000431. The molecule has 0 aromatic heterocycles. The molecule has 0 heterocycles. The maximum absolute atomic E-state index is 3.48. The Labute approximate surface area is 87.4 Å². The maximum Gasteiger partial charge on any atom is -0.0382 e. The van der Waals surface area contributed by atoms with Crippen molar-refractivity contribution in [3.8, 4) is 0 Å². The van der Waals surface area contributed by atoms with E-state index in [0.717, 1.165) is 12.3 Å². The summed E-state index contributed by atoms with van der Waals surface area (Å²) in [6, 6.07) is 0. The molecule has 0 bridgehead atoms. The van der Waals surface area contributed by atoms with E-state index in [1.54, 1.807) is 0 Å². The highest BCUT2D eigenvalue weighted by atomic mass is 13.7. The van der Waals surface area contributed by atoms with Crippen LogP contribution < -0.4 is 0 Å². The summed E-state index contributed by atoms with van der Waals surface area (Å²) < 4.78 is 0. The molecular weight excluding hydrogens is 156 g/mol. The summed E-state index contributed by atoms with van der Waals surface area (Å²) in [5, 5.41) is 0. The van der Waals surface area contributed by atoms with Gasteiger partial charge in [-0.1, -0.05) is 67.9 Å². The van der Waals surface area contributed by atoms with Crippen LogP contribution >= 0.6 is 0 Å². The van der Waals surface area contributed by atoms with E-state index >= 15 is 0 Å². The van der Waals surface area contributed by atoms with Gasteiger partial charge >= 0.3 is 0 Å². The van der Waals surface area contributed by atoms with Crippen molar-refractivity contribution in [3.63, 3.8) is 0 Å². The molecule has 0 aliphatic rings. The lowest BCUT2D eigenvalue weighted by Crippen LogP contribution is -1.66. The van der Waals surface area contributed by atoms with Crippen molar-refractivity contribution in [2.24, 2.45) is 5.92 Å². The third-order valence-electron chi connectivity index (χ3n) is 0.289. The van der Waals surface area contributed by atoms with Gasteiger partial charge in [-0.3, -0.25) is 0 Å². The first-order valence-electron chi connectivity index (χ1n) is 5.67. The quantitative estimate of drug-likeness (QED) is 0.464.